The molecule has 0 aromatic heterocycles. The van der Waals surface area contributed by atoms with Crippen molar-refractivity contribution in [3.8, 4) is 5.75 Å². The van der Waals surface area contributed by atoms with Crippen LogP contribution in [0.2, 0.25) is 0 Å². The predicted octanol–water partition coefficient (Wildman–Crippen LogP) is 5.89. The van der Waals surface area contributed by atoms with Crippen LogP contribution in [0.25, 0.3) is 0 Å². The number of benzene rings is 1. The fourth-order valence-electron chi connectivity index (χ4n) is 2.17. The van der Waals surface area contributed by atoms with E-state index in [1.807, 2.05) is 20.8 Å². The van der Waals surface area contributed by atoms with E-state index in [2.05, 4.69) is 32.0 Å². The molecule has 0 saturated heterocycles. The average molecular weight is 306 g/mol. The van der Waals surface area contributed by atoms with Gasteiger partial charge in [0.2, 0.25) is 0 Å². The lowest BCUT2D eigenvalue weighted by Gasteiger charge is -2.10. The van der Waals surface area contributed by atoms with Gasteiger partial charge in [-0.1, -0.05) is 46.2 Å². The Labute approximate surface area is 137 Å². The molecule has 0 unspecified atom stereocenters. The monoisotopic (exact) mass is 306 g/mol. The zero-order valence-electron chi connectivity index (χ0n) is 15.2. The molecule has 0 N–H and O–H groups in total. The summed E-state index contributed by atoms with van der Waals surface area (Å²) in [6.07, 6.45) is 6.83. The van der Waals surface area contributed by atoms with Crippen molar-refractivity contribution in [2.75, 3.05) is 6.61 Å². The van der Waals surface area contributed by atoms with Crippen LogP contribution in [0.1, 0.15) is 77.3 Å². The van der Waals surface area contributed by atoms with Gasteiger partial charge in [0.05, 0.1) is 6.61 Å². The first-order chi connectivity index (χ1) is 10.7. The lowest BCUT2D eigenvalue weighted by molar-refractivity contribution is -0.118. The first-order valence-corrected chi connectivity index (χ1v) is 8.91. The van der Waals surface area contributed by atoms with E-state index in [0.29, 0.717) is 12.2 Å². The summed E-state index contributed by atoms with van der Waals surface area (Å²) in [5.41, 5.74) is 2.54. The third-order valence-electron chi connectivity index (χ3n) is 3.53. The zero-order valence-corrected chi connectivity index (χ0v) is 15.2. The summed E-state index contributed by atoms with van der Waals surface area (Å²) in [5.74, 6) is 1.40. The summed E-state index contributed by atoms with van der Waals surface area (Å²) in [5, 5.41) is 0. The Morgan fingerprint density at radius 1 is 1.09 bits per heavy atom. The number of aryl methyl sites for hydroxylation is 2. The van der Waals surface area contributed by atoms with E-state index in [4.69, 9.17) is 4.74 Å². The molecule has 0 amide bonds. The molecule has 0 heterocycles. The van der Waals surface area contributed by atoms with Crippen LogP contribution >= 0.6 is 0 Å². The topological polar surface area (TPSA) is 26.3 Å². The molecule has 0 fully saturated rings. The van der Waals surface area contributed by atoms with Gasteiger partial charge in [-0.2, -0.15) is 0 Å². The molecule has 0 bridgehead atoms. The molecule has 0 saturated carbocycles. The van der Waals surface area contributed by atoms with Crippen molar-refractivity contribution in [1.29, 1.82) is 0 Å². The Balaban J connectivity index is 0.00000211. The van der Waals surface area contributed by atoms with E-state index in [-0.39, 0.29) is 0 Å². The number of carbonyl (C=O) groups is 1. The van der Waals surface area contributed by atoms with Crippen molar-refractivity contribution in [2.24, 2.45) is 0 Å². The van der Waals surface area contributed by atoms with Gasteiger partial charge in [0.1, 0.15) is 11.5 Å². The molecule has 1 aromatic carbocycles. The summed E-state index contributed by atoms with van der Waals surface area (Å²) in [6, 6.07) is 6.49. The molecule has 1 aromatic rings. The second kappa shape index (κ2) is 13.4. The van der Waals surface area contributed by atoms with Crippen LogP contribution < -0.4 is 4.74 Å². The zero-order chi connectivity index (χ0) is 16.8. The molecule has 0 aliphatic rings. The minimum atomic E-state index is 0.385. The second-order valence-corrected chi connectivity index (χ2v) is 5.40. The van der Waals surface area contributed by atoms with Crippen molar-refractivity contribution in [3.63, 3.8) is 0 Å². The van der Waals surface area contributed by atoms with Gasteiger partial charge in [-0.3, -0.25) is 4.79 Å². The lowest BCUT2D eigenvalue weighted by atomic mass is 10.0. The Kier molecular flexibility index (Phi) is 12.6. The number of ketones is 1. The van der Waals surface area contributed by atoms with E-state index in [9.17, 15) is 4.79 Å². The van der Waals surface area contributed by atoms with Crippen molar-refractivity contribution >= 4 is 5.78 Å². The van der Waals surface area contributed by atoms with Crippen molar-refractivity contribution < 1.29 is 9.53 Å². The summed E-state index contributed by atoms with van der Waals surface area (Å²) in [7, 11) is 0. The highest BCUT2D eigenvalue weighted by molar-refractivity contribution is 5.77. The molecular formula is C20H34O2. The summed E-state index contributed by atoms with van der Waals surface area (Å²) in [6.45, 7) is 10.9. The third kappa shape index (κ3) is 8.86. The van der Waals surface area contributed by atoms with Gasteiger partial charge in [0.25, 0.3) is 0 Å². The van der Waals surface area contributed by atoms with Gasteiger partial charge in [0, 0.05) is 12.8 Å². The van der Waals surface area contributed by atoms with Crippen LogP contribution in [-0.2, 0) is 11.2 Å². The second-order valence-electron chi connectivity index (χ2n) is 5.40. The Hall–Kier alpha value is -1.31. The van der Waals surface area contributed by atoms with Crippen LogP contribution in [0, 0.1) is 6.92 Å². The predicted molar refractivity (Wildman–Crippen MR) is 95.8 cm³/mol. The number of rotatable bonds is 10. The number of hydrogen-bond acceptors (Lipinski definition) is 2. The summed E-state index contributed by atoms with van der Waals surface area (Å²) < 4.78 is 5.76. The van der Waals surface area contributed by atoms with Crippen molar-refractivity contribution in [2.45, 2.75) is 79.6 Å². The molecule has 22 heavy (non-hydrogen) atoms. The Morgan fingerprint density at radius 3 is 2.45 bits per heavy atom. The summed E-state index contributed by atoms with van der Waals surface area (Å²) in [4.78, 5) is 11.2. The maximum absolute atomic E-state index is 11.2. The van der Waals surface area contributed by atoms with E-state index < -0.39 is 0 Å². The molecule has 0 spiro atoms. The Bertz CT molecular complexity index is 410. The fourth-order valence-corrected chi connectivity index (χ4v) is 2.17. The van der Waals surface area contributed by atoms with Crippen LogP contribution in [0.3, 0.4) is 0 Å². The van der Waals surface area contributed by atoms with Crippen molar-refractivity contribution in [3.05, 3.63) is 29.3 Å². The number of Topliss-reactive ketones (excluding diaryl/α,β-unsaturated/α-hetero) is 1. The molecule has 1 rings (SSSR count). The summed E-state index contributed by atoms with van der Waals surface area (Å²) >= 11 is 0. The van der Waals surface area contributed by atoms with E-state index in [0.717, 1.165) is 50.9 Å². The van der Waals surface area contributed by atoms with E-state index in [1.54, 1.807) is 0 Å². The third-order valence-corrected chi connectivity index (χ3v) is 3.53. The highest BCUT2D eigenvalue weighted by Crippen LogP contribution is 2.21. The number of ether oxygens (including phenoxy) is 1. The molecule has 0 aliphatic heterocycles. The van der Waals surface area contributed by atoms with Gasteiger partial charge >= 0.3 is 0 Å². The molecule has 2 nitrogen and oxygen atoms in total. The number of unbranched alkanes of at least 4 members (excludes halogenated alkanes) is 2. The Morgan fingerprint density at radius 2 is 1.82 bits per heavy atom. The maximum atomic E-state index is 11.2. The van der Waals surface area contributed by atoms with Gasteiger partial charge in [0.15, 0.2) is 0 Å². The molecular weight excluding hydrogens is 272 g/mol. The molecule has 0 aliphatic carbocycles. The lowest BCUT2D eigenvalue weighted by Crippen LogP contribution is -1.98. The first kappa shape index (κ1) is 20.7. The molecule has 126 valence electrons. The smallest absolute Gasteiger partial charge is 0.132 e. The van der Waals surface area contributed by atoms with Gasteiger partial charge in [-0.15, -0.1) is 0 Å². The minimum Gasteiger partial charge on any atom is -0.493 e. The normalized spacial score (nSPS) is 9.86. The van der Waals surface area contributed by atoms with Gasteiger partial charge in [-0.25, -0.2) is 0 Å². The standard InChI is InChI=1S/C18H28O2.C2H6/c1-4-13-20-18-14-16(12-11-15(18)3)9-7-6-8-10-17(19)5-2;1-2/h11-12,14H,4-10,13H2,1-3H3;1-2H3. The first-order valence-electron chi connectivity index (χ1n) is 8.91. The van der Waals surface area contributed by atoms with Crippen LogP contribution in [0.5, 0.6) is 5.75 Å². The fraction of sp³-hybridized carbons (Fsp3) is 0.650. The van der Waals surface area contributed by atoms with Crippen LogP contribution in [0.15, 0.2) is 18.2 Å². The number of hydrogen-bond donors (Lipinski definition) is 0. The molecule has 0 radical (unpaired) electrons. The number of carbonyl (C=O) groups excluding carboxylic acids is 1. The molecule has 0 atom stereocenters. The van der Waals surface area contributed by atoms with Crippen LogP contribution in [-0.4, -0.2) is 12.4 Å². The minimum absolute atomic E-state index is 0.385. The SMILES string of the molecule is CC.CCCOc1cc(CCCCCC(=O)CC)ccc1C. The average Bonchev–Trinajstić information content (AvgIpc) is 2.56. The van der Waals surface area contributed by atoms with Gasteiger partial charge < -0.3 is 4.74 Å². The van der Waals surface area contributed by atoms with E-state index >= 15 is 0 Å². The van der Waals surface area contributed by atoms with E-state index in [1.165, 1.54) is 11.1 Å². The maximum Gasteiger partial charge on any atom is 0.132 e. The largest absolute Gasteiger partial charge is 0.493 e. The quantitative estimate of drug-likeness (QED) is 0.504. The van der Waals surface area contributed by atoms with Crippen LogP contribution in [0.4, 0.5) is 0 Å². The molecule has 2 heteroatoms. The van der Waals surface area contributed by atoms with Crippen molar-refractivity contribution in [1.82, 2.24) is 0 Å². The van der Waals surface area contributed by atoms with Gasteiger partial charge in [-0.05, 0) is 49.8 Å². The highest BCUT2D eigenvalue weighted by Gasteiger charge is 2.02. The highest BCUT2D eigenvalue weighted by atomic mass is 16.5.